The van der Waals surface area contributed by atoms with Crippen molar-refractivity contribution in [2.45, 2.75) is 44.9 Å². The van der Waals surface area contributed by atoms with Crippen LogP contribution < -0.4 is 5.73 Å². The van der Waals surface area contributed by atoms with Crippen LogP contribution in [-0.4, -0.2) is 46.9 Å². The Morgan fingerprint density at radius 1 is 1.44 bits per heavy atom. The van der Waals surface area contributed by atoms with Crippen molar-refractivity contribution in [1.82, 2.24) is 4.90 Å². The number of carbonyl (C=O) groups is 1. The normalized spacial score (nSPS) is 25.9. The molecule has 2 atom stereocenters. The summed E-state index contributed by atoms with van der Waals surface area (Å²) in [5.74, 6) is 0. The third-order valence-electron chi connectivity index (χ3n) is 2.11. The number of halogens is 1. The quantitative estimate of drug-likeness (QED) is 0.667. The Hall–Kier alpha value is -0.520. The summed E-state index contributed by atoms with van der Waals surface area (Å²) in [5.41, 5.74) is 5.20. The fourth-order valence-electron chi connectivity index (χ4n) is 1.59. The number of ether oxygens (including phenoxy) is 1. The lowest BCUT2D eigenvalue weighted by atomic mass is 10.0. The third-order valence-corrected chi connectivity index (χ3v) is 2.11. The maximum Gasteiger partial charge on any atom is 0.410 e. The molecule has 1 aliphatic rings. The molecule has 1 saturated heterocycles. The summed E-state index contributed by atoms with van der Waals surface area (Å²) >= 11 is 0. The summed E-state index contributed by atoms with van der Waals surface area (Å²) in [6.07, 6.45) is -0.405. The second-order valence-electron chi connectivity index (χ2n) is 5.03. The fraction of sp³-hybridized carbons (Fsp3) is 0.900. The monoisotopic (exact) mass is 252 g/mol. The molecule has 1 heterocycles. The van der Waals surface area contributed by atoms with Crippen LogP contribution in [0.15, 0.2) is 0 Å². The van der Waals surface area contributed by atoms with E-state index >= 15 is 0 Å². The molecule has 16 heavy (non-hydrogen) atoms. The van der Waals surface area contributed by atoms with E-state index in [1.165, 1.54) is 4.90 Å². The van der Waals surface area contributed by atoms with Crippen molar-refractivity contribution < 1.29 is 14.6 Å². The Labute approximate surface area is 102 Å². The molecule has 0 aromatic carbocycles. The van der Waals surface area contributed by atoms with E-state index in [2.05, 4.69) is 0 Å². The van der Waals surface area contributed by atoms with Crippen LogP contribution in [0.4, 0.5) is 4.79 Å². The third kappa shape index (κ3) is 5.01. The van der Waals surface area contributed by atoms with Gasteiger partial charge >= 0.3 is 6.09 Å². The molecule has 0 aromatic rings. The number of hydrogen-bond acceptors (Lipinski definition) is 4. The standard InChI is InChI=1S/C10H20N2O3.ClH/c1-10(2,3)15-9(14)12-5-7(11)4-8(13)6-12;/h7-8,13H,4-6,11H2,1-3H3;1H/t7-,8-;/m0./s1. The van der Waals surface area contributed by atoms with E-state index in [4.69, 9.17) is 10.5 Å². The average molecular weight is 253 g/mol. The summed E-state index contributed by atoms with van der Waals surface area (Å²) in [6, 6.07) is -0.165. The van der Waals surface area contributed by atoms with Gasteiger partial charge in [0.25, 0.3) is 0 Å². The highest BCUT2D eigenvalue weighted by molar-refractivity contribution is 5.85. The minimum Gasteiger partial charge on any atom is -0.444 e. The number of β-amino-alcohol motifs (C(OH)–C–C–N with tert-alkyl or cyclic N) is 1. The van der Waals surface area contributed by atoms with E-state index in [9.17, 15) is 9.90 Å². The molecule has 5 nitrogen and oxygen atoms in total. The van der Waals surface area contributed by atoms with Gasteiger partial charge in [-0.25, -0.2) is 4.79 Å². The minimum absolute atomic E-state index is 0. The number of likely N-dealkylation sites (tertiary alicyclic amines) is 1. The highest BCUT2D eigenvalue weighted by atomic mass is 35.5. The Kier molecular flexibility index (Phi) is 5.52. The molecule has 0 aromatic heterocycles. The molecule has 6 heteroatoms. The molecule has 3 N–H and O–H groups in total. The first-order chi connectivity index (χ1) is 6.78. The first kappa shape index (κ1) is 15.5. The van der Waals surface area contributed by atoms with Crippen molar-refractivity contribution in [3.63, 3.8) is 0 Å². The van der Waals surface area contributed by atoms with Crippen molar-refractivity contribution in [2.24, 2.45) is 5.73 Å². The summed E-state index contributed by atoms with van der Waals surface area (Å²) < 4.78 is 5.19. The number of aliphatic hydroxyl groups is 1. The molecule has 0 spiro atoms. The van der Waals surface area contributed by atoms with Gasteiger partial charge in [-0.2, -0.15) is 0 Å². The van der Waals surface area contributed by atoms with Crippen LogP contribution in [0.25, 0.3) is 0 Å². The summed E-state index contributed by atoms with van der Waals surface area (Å²) in [5, 5.41) is 9.47. The van der Waals surface area contributed by atoms with Crippen molar-refractivity contribution >= 4 is 18.5 Å². The molecule has 0 bridgehead atoms. The number of nitrogens with zero attached hydrogens (tertiary/aromatic N) is 1. The second-order valence-corrected chi connectivity index (χ2v) is 5.03. The largest absolute Gasteiger partial charge is 0.444 e. The number of rotatable bonds is 0. The molecule has 1 fully saturated rings. The Morgan fingerprint density at radius 2 is 2.00 bits per heavy atom. The van der Waals surface area contributed by atoms with E-state index in [1.807, 2.05) is 20.8 Å². The van der Waals surface area contributed by atoms with Crippen LogP contribution in [0.3, 0.4) is 0 Å². The smallest absolute Gasteiger partial charge is 0.410 e. The molecule has 1 amide bonds. The van der Waals surface area contributed by atoms with Crippen LogP contribution in [0.5, 0.6) is 0 Å². The van der Waals surface area contributed by atoms with Gasteiger partial charge in [0, 0.05) is 12.6 Å². The summed E-state index contributed by atoms with van der Waals surface area (Å²) in [6.45, 7) is 6.19. The zero-order valence-electron chi connectivity index (χ0n) is 9.97. The number of carbonyl (C=O) groups excluding carboxylic acids is 1. The number of amides is 1. The molecule has 0 radical (unpaired) electrons. The predicted octanol–water partition coefficient (Wildman–Crippen LogP) is 0.737. The minimum atomic E-state index is -0.540. The van der Waals surface area contributed by atoms with Crippen molar-refractivity contribution in [3.05, 3.63) is 0 Å². The first-order valence-corrected chi connectivity index (χ1v) is 5.19. The topological polar surface area (TPSA) is 75.8 Å². The van der Waals surface area contributed by atoms with E-state index < -0.39 is 17.8 Å². The van der Waals surface area contributed by atoms with Crippen LogP contribution in [0, 0.1) is 0 Å². The van der Waals surface area contributed by atoms with E-state index in [1.54, 1.807) is 0 Å². The zero-order valence-corrected chi connectivity index (χ0v) is 10.8. The summed E-state index contributed by atoms with van der Waals surface area (Å²) in [7, 11) is 0. The van der Waals surface area contributed by atoms with Crippen LogP contribution in [-0.2, 0) is 4.74 Å². The van der Waals surface area contributed by atoms with Gasteiger partial charge in [-0.15, -0.1) is 12.4 Å². The van der Waals surface area contributed by atoms with E-state index in [-0.39, 0.29) is 18.4 Å². The molecular weight excluding hydrogens is 232 g/mol. The van der Waals surface area contributed by atoms with Gasteiger partial charge in [0.05, 0.1) is 12.6 Å². The number of piperidine rings is 1. The molecule has 96 valence electrons. The fourth-order valence-corrected chi connectivity index (χ4v) is 1.59. The SMILES string of the molecule is CC(C)(C)OC(=O)N1C[C@@H](N)C[C@H](O)C1.Cl. The van der Waals surface area contributed by atoms with Crippen LogP contribution in [0.1, 0.15) is 27.2 Å². The van der Waals surface area contributed by atoms with Crippen LogP contribution >= 0.6 is 12.4 Å². The maximum atomic E-state index is 11.6. The molecule has 0 aliphatic carbocycles. The lowest BCUT2D eigenvalue weighted by Gasteiger charge is -2.35. The molecular formula is C10H21ClN2O3. The lowest BCUT2D eigenvalue weighted by Crippen LogP contribution is -2.52. The van der Waals surface area contributed by atoms with Gasteiger partial charge in [0.1, 0.15) is 5.60 Å². The van der Waals surface area contributed by atoms with Gasteiger partial charge < -0.3 is 20.5 Å². The van der Waals surface area contributed by atoms with Gasteiger partial charge in [-0.05, 0) is 27.2 Å². The average Bonchev–Trinajstić information content (AvgIpc) is 1.98. The van der Waals surface area contributed by atoms with E-state index in [0.717, 1.165) is 0 Å². The van der Waals surface area contributed by atoms with Gasteiger partial charge in [0.2, 0.25) is 0 Å². The van der Waals surface area contributed by atoms with Gasteiger partial charge in [-0.1, -0.05) is 0 Å². The Balaban J connectivity index is 0.00000225. The van der Waals surface area contributed by atoms with Crippen molar-refractivity contribution in [1.29, 1.82) is 0 Å². The highest BCUT2D eigenvalue weighted by Crippen LogP contribution is 2.14. The molecule has 0 saturated carbocycles. The zero-order chi connectivity index (χ0) is 11.6. The first-order valence-electron chi connectivity index (χ1n) is 5.19. The van der Waals surface area contributed by atoms with Gasteiger partial charge in [0.15, 0.2) is 0 Å². The van der Waals surface area contributed by atoms with Crippen molar-refractivity contribution in [2.75, 3.05) is 13.1 Å². The summed E-state index contributed by atoms with van der Waals surface area (Å²) in [4.78, 5) is 13.1. The number of hydrogen-bond donors (Lipinski definition) is 2. The maximum absolute atomic E-state index is 11.6. The molecule has 1 aliphatic heterocycles. The number of aliphatic hydroxyl groups excluding tert-OH is 1. The van der Waals surface area contributed by atoms with E-state index in [0.29, 0.717) is 19.5 Å². The highest BCUT2D eigenvalue weighted by Gasteiger charge is 2.29. The Morgan fingerprint density at radius 3 is 2.44 bits per heavy atom. The van der Waals surface area contributed by atoms with Crippen LogP contribution in [0.2, 0.25) is 0 Å². The predicted molar refractivity (Wildman–Crippen MR) is 63.7 cm³/mol. The van der Waals surface area contributed by atoms with Gasteiger partial charge in [-0.3, -0.25) is 0 Å². The molecule has 1 rings (SSSR count). The number of nitrogens with two attached hydrogens (primary N) is 1. The van der Waals surface area contributed by atoms with Crippen molar-refractivity contribution in [3.8, 4) is 0 Å². The lowest BCUT2D eigenvalue weighted by molar-refractivity contribution is 0.000482. The molecule has 0 unspecified atom stereocenters. The second kappa shape index (κ2) is 5.70. The Bertz CT molecular complexity index is 233.